The number of carboxylic acids is 1. The molecule has 3 aromatic carbocycles. The average molecular weight is 553 g/mol. The third-order valence-electron chi connectivity index (χ3n) is 6.96. The number of carboxylic acid groups (broad SMARTS) is 1. The summed E-state index contributed by atoms with van der Waals surface area (Å²) in [5.41, 5.74) is 3.77. The van der Waals surface area contributed by atoms with Crippen molar-refractivity contribution in [2.24, 2.45) is 11.8 Å². The Morgan fingerprint density at radius 1 is 0.719 bits per heavy atom. The molecule has 1 fully saturated rings. The highest BCUT2D eigenvalue weighted by atomic mass is 79.9. The standard InChI is InChI=1S/C25H15Br2NO4/c26-24-14-8-2-3-9-15(14)25(27,17-11-5-4-10-16(17)24)20-19(24)21(29)28(22(20)30)18-12-6-1-7-13(18)23(31)32/h1-12,19-20H,(H,31,32)/t19-,20-,24?,25?/m0/s1. The number of hydrogen-bond acceptors (Lipinski definition) is 3. The first-order valence-electron chi connectivity index (χ1n) is 10.1. The van der Waals surface area contributed by atoms with Crippen LogP contribution in [0.15, 0.2) is 72.8 Å². The van der Waals surface area contributed by atoms with Crippen molar-refractivity contribution in [3.8, 4) is 0 Å². The minimum absolute atomic E-state index is 0.0810. The molecule has 32 heavy (non-hydrogen) atoms. The third kappa shape index (κ3) is 2.11. The summed E-state index contributed by atoms with van der Waals surface area (Å²) >= 11 is 7.88. The molecule has 3 aliphatic carbocycles. The number of carbonyl (C=O) groups excluding carboxylic acids is 2. The quantitative estimate of drug-likeness (QED) is 0.366. The van der Waals surface area contributed by atoms with Gasteiger partial charge in [0.2, 0.25) is 11.8 Å². The number of halogens is 2. The second-order valence-corrected chi connectivity index (χ2v) is 10.8. The topological polar surface area (TPSA) is 74.7 Å². The minimum Gasteiger partial charge on any atom is -0.478 e. The normalized spacial score (nSPS) is 29.5. The number of hydrogen-bond donors (Lipinski definition) is 1. The van der Waals surface area contributed by atoms with Crippen molar-refractivity contribution >= 4 is 55.3 Å². The van der Waals surface area contributed by atoms with Crippen molar-refractivity contribution in [1.29, 1.82) is 0 Å². The molecule has 0 aromatic heterocycles. The number of aromatic carboxylic acids is 1. The van der Waals surface area contributed by atoms with Gasteiger partial charge in [-0.25, -0.2) is 9.69 Å². The van der Waals surface area contributed by atoms with Gasteiger partial charge in [0, 0.05) is 0 Å². The molecule has 2 amide bonds. The van der Waals surface area contributed by atoms with E-state index in [0.29, 0.717) is 0 Å². The highest BCUT2D eigenvalue weighted by Crippen LogP contribution is 2.70. The predicted octanol–water partition coefficient (Wildman–Crippen LogP) is 4.79. The van der Waals surface area contributed by atoms with E-state index >= 15 is 0 Å². The number of amides is 2. The third-order valence-corrected chi connectivity index (χ3v) is 9.66. The van der Waals surface area contributed by atoms with E-state index in [1.54, 1.807) is 12.1 Å². The van der Waals surface area contributed by atoms with Gasteiger partial charge in [0.05, 0.1) is 31.7 Å². The summed E-state index contributed by atoms with van der Waals surface area (Å²) in [5, 5.41) is 9.69. The molecule has 5 nitrogen and oxygen atoms in total. The molecule has 2 bridgehead atoms. The molecule has 158 valence electrons. The highest BCUT2D eigenvalue weighted by Gasteiger charge is 2.72. The summed E-state index contributed by atoms with van der Waals surface area (Å²) in [4.78, 5) is 40.8. The fraction of sp³-hybridized carbons (Fsp3) is 0.160. The maximum atomic E-state index is 13.9. The number of carbonyl (C=O) groups is 3. The van der Waals surface area contributed by atoms with E-state index in [1.807, 2.05) is 48.5 Å². The van der Waals surface area contributed by atoms with Crippen molar-refractivity contribution in [2.75, 3.05) is 4.90 Å². The fourth-order valence-electron chi connectivity index (χ4n) is 5.75. The van der Waals surface area contributed by atoms with Crippen LogP contribution in [0.4, 0.5) is 5.69 Å². The van der Waals surface area contributed by atoms with Crippen molar-refractivity contribution < 1.29 is 19.5 Å². The van der Waals surface area contributed by atoms with Gasteiger partial charge in [-0.1, -0.05) is 92.5 Å². The largest absolute Gasteiger partial charge is 0.478 e. The summed E-state index contributed by atoms with van der Waals surface area (Å²) in [6.07, 6.45) is 0. The van der Waals surface area contributed by atoms with Crippen LogP contribution in [0, 0.1) is 11.8 Å². The molecule has 2 atom stereocenters. The number of imide groups is 1. The first-order valence-corrected chi connectivity index (χ1v) is 11.7. The number of benzene rings is 3. The van der Waals surface area contributed by atoms with Gasteiger partial charge in [-0.15, -0.1) is 0 Å². The van der Waals surface area contributed by atoms with E-state index < -0.39 is 38.3 Å². The Hall–Kier alpha value is -2.77. The number of anilines is 1. The molecular weight excluding hydrogens is 538 g/mol. The summed E-state index contributed by atoms with van der Waals surface area (Å²) in [6.45, 7) is 0. The summed E-state index contributed by atoms with van der Waals surface area (Å²) < 4.78 is -1.81. The molecule has 3 aromatic rings. The Bertz CT molecular complexity index is 1250. The van der Waals surface area contributed by atoms with E-state index in [0.717, 1.165) is 27.2 Å². The second-order valence-electron chi connectivity index (χ2n) is 8.30. The van der Waals surface area contributed by atoms with Gasteiger partial charge in [-0.2, -0.15) is 0 Å². The molecule has 4 aliphatic rings. The van der Waals surface area contributed by atoms with Gasteiger partial charge in [0.1, 0.15) is 0 Å². The van der Waals surface area contributed by atoms with Gasteiger partial charge in [0.25, 0.3) is 0 Å². The van der Waals surface area contributed by atoms with Crippen LogP contribution < -0.4 is 4.90 Å². The molecule has 7 rings (SSSR count). The minimum atomic E-state index is -1.19. The maximum Gasteiger partial charge on any atom is 0.337 e. The van der Waals surface area contributed by atoms with Crippen LogP contribution in [0.25, 0.3) is 0 Å². The van der Waals surface area contributed by atoms with E-state index in [2.05, 4.69) is 31.9 Å². The van der Waals surface area contributed by atoms with Gasteiger partial charge in [-0.3, -0.25) is 9.59 Å². The number of rotatable bonds is 2. The first kappa shape index (κ1) is 19.9. The van der Waals surface area contributed by atoms with Gasteiger partial charge < -0.3 is 5.11 Å². The van der Waals surface area contributed by atoms with E-state index in [1.165, 1.54) is 12.1 Å². The number of para-hydroxylation sites is 1. The van der Waals surface area contributed by atoms with E-state index in [-0.39, 0.29) is 11.3 Å². The number of nitrogens with zero attached hydrogens (tertiary/aromatic N) is 1. The Morgan fingerprint density at radius 2 is 1.09 bits per heavy atom. The van der Waals surface area contributed by atoms with Crippen LogP contribution in [-0.4, -0.2) is 22.9 Å². The molecule has 0 spiro atoms. The van der Waals surface area contributed by atoms with Gasteiger partial charge in [-0.05, 0) is 34.4 Å². The van der Waals surface area contributed by atoms with E-state index in [9.17, 15) is 19.5 Å². The van der Waals surface area contributed by atoms with Crippen LogP contribution in [0.5, 0.6) is 0 Å². The first-order chi connectivity index (χ1) is 15.3. The fourth-order valence-corrected chi connectivity index (χ4v) is 8.06. The van der Waals surface area contributed by atoms with Crippen molar-refractivity contribution in [1.82, 2.24) is 0 Å². The highest BCUT2D eigenvalue weighted by molar-refractivity contribution is 9.10. The molecule has 1 N–H and O–H groups in total. The zero-order chi connectivity index (χ0) is 22.4. The molecule has 1 heterocycles. The van der Waals surface area contributed by atoms with Gasteiger partial charge >= 0.3 is 5.97 Å². The molecule has 0 saturated carbocycles. The zero-order valence-electron chi connectivity index (χ0n) is 16.5. The lowest BCUT2D eigenvalue weighted by atomic mass is 9.54. The lowest BCUT2D eigenvalue weighted by molar-refractivity contribution is -0.122. The van der Waals surface area contributed by atoms with Crippen molar-refractivity contribution in [2.45, 2.75) is 8.65 Å². The second kappa shape index (κ2) is 6.39. The molecule has 1 aliphatic heterocycles. The Morgan fingerprint density at radius 3 is 1.50 bits per heavy atom. The molecule has 0 radical (unpaired) electrons. The van der Waals surface area contributed by atoms with Gasteiger partial charge in [0.15, 0.2) is 0 Å². The van der Waals surface area contributed by atoms with Crippen LogP contribution in [-0.2, 0) is 18.2 Å². The molecular formula is C25H15Br2NO4. The van der Waals surface area contributed by atoms with Crippen molar-refractivity contribution in [3.05, 3.63) is 101 Å². The summed E-state index contributed by atoms with van der Waals surface area (Å²) in [7, 11) is 0. The number of alkyl halides is 2. The lowest BCUT2D eigenvalue weighted by Gasteiger charge is -2.55. The van der Waals surface area contributed by atoms with Crippen LogP contribution in [0.2, 0.25) is 0 Å². The molecule has 1 saturated heterocycles. The lowest BCUT2D eigenvalue weighted by Crippen LogP contribution is -2.56. The van der Waals surface area contributed by atoms with Crippen LogP contribution >= 0.6 is 31.9 Å². The monoisotopic (exact) mass is 551 g/mol. The Kier molecular flexibility index (Phi) is 3.97. The maximum absolute atomic E-state index is 13.9. The SMILES string of the molecule is O=C(O)c1ccccc1N1C(=O)[C@@H]2[C@@H](C1=O)C1(Br)c3ccccc3C2(Br)c2ccccc21. The molecule has 0 unspecified atom stereocenters. The van der Waals surface area contributed by atoms with Crippen LogP contribution in [0.3, 0.4) is 0 Å². The smallest absolute Gasteiger partial charge is 0.337 e. The summed E-state index contributed by atoms with van der Waals surface area (Å²) in [5.74, 6) is -3.47. The Labute approximate surface area is 200 Å². The Balaban J connectivity index is 1.66. The summed E-state index contributed by atoms with van der Waals surface area (Å²) in [6, 6.07) is 21.8. The van der Waals surface area contributed by atoms with Crippen molar-refractivity contribution in [3.63, 3.8) is 0 Å². The molecule has 7 heteroatoms. The van der Waals surface area contributed by atoms with E-state index in [4.69, 9.17) is 0 Å². The zero-order valence-corrected chi connectivity index (χ0v) is 19.6. The predicted molar refractivity (Wildman–Crippen MR) is 125 cm³/mol. The average Bonchev–Trinajstić information content (AvgIpc) is 3.08. The van der Waals surface area contributed by atoms with Crippen LogP contribution in [0.1, 0.15) is 32.6 Å².